The van der Waals surface area contributed by atoms with E-state index in [9.17, 15) is 40.4 Å². The van der Waals surface area contributed by atoms with E-state index in [1.54, 1.807) is 0 Å². The van der Waals surface area contributed by atoms with Gasteiger partial charge in [-0.25, -0.2) is 22.2 Å². The Labute approximate surface area is 187 Å². The zero-order chi connectivity index (χ0) is 24.9. The summed E-state index contributed by atoms with van der Waals surface area (Å²) < 4.78 is 84.2. The Balaban J connectivity index is 2.25. The van der Waals surface area contributed by atoms with Gasteiger partial charge in [0.05, 0.1) is 10.7 Å². The third kappa shape index (κ3) is 4.15. The molecule has 2 aromatic rings. The molecule has 1 N–H and O–H groups in total. The number of hydrogen-bond acceptors (Lipinski definition) is 6. The molecule has 0 radical (unpaired) electrons. The minimum atomic E-state index is -5.04. The first-order chi connectivity index (χ1) is 15.1. The van der Waals surface area contributed by atoms with Crippen LogP contribution in [-0.4, -0.2) is 34.6 Å². The lowest BCUT2D eigenvalue weighted by atomic mass is 10.1. The number of aromatic nitrogens is 2. The van der Waals surface area contributed by atoms with Gasteiger partial charge in [-0.15, -0.1) is 0 Å². The molecule has 2 heterocycles. The fourth-order valence-electron chi connectivity index (χ4n) is 3.10. The average Bonchev–Trinajstić information content (AvgIpc) is 2.68. The summed E-state index contributed by atoms with van der Waals surface area (Å²) in [6.45, 7) is 0. The number of carbonyl (C=O) groups excluding carboxylic acids is 1. The number of hydrogen-bond donors (Lipinski definition) is 1. The van der Waals surface area contributed by atoms with E-state index in [0.717, 1.165) is 7.05 Å². The number of sulfone groups is 1. The summed E-state index contributed by atoms with van der Waals surface area (Å²) >= 11 is 5.93. The summed E-state index contributed by atoms with van der Waals surface area (Å²) in [7, 11) is -3.56. The number of nitrogens with zero attached hydrogens (tertiary/aromatic N) is 2. The van der Waals surface area contributed by atoms with Crippen LogP contribution >= 0.6 is 11.6 Å². The van der Waals surface area contributed by atoms with Gasteiger partial charge in [0, 0.05) is 38.1 Å². The number of nitrogens with one attached hydrogen (secondary N) is 1. The van der Waals surface area contributed by atoms with Gasteiger partial charge in [-0.3, -0.25) is 14.2 Å². The van der Waals surface area contributed by atoms with Crippen molar-refractivity contribution in [1.82, 2.24) is 14.5 Å². The quantitative estimate of drug-likeness (QED) is 0.622. The Hall–Kier alpha value is -3.13. The van der Waals surface area contributed by atoms with Crippen molar-refractivity contribution >= 4 is 27.3 Å². The van der Waals surface area contributed by atoms with Gasteiger partial charge in [0.25, 0.3) is 16.4 Å². The summed E-state index contributed by atoms with van der Waals surface area (Å²) in [5.74, 6) is -3.00. The lowest BCUT2D eigenvalue weighted by Crippen LogP contribution is -2.56. The molecule has 9 nitrogen and oxygen atoms in total. The van der Waals surface area contributed by atoms with Crippen LogP contribution in [0.2, 0.25) is 5.02 Å². The largest absolute Gasteiger partial charge is 0.460 e. The zero-order valence-electron chi connectivity index (χ0n) is 16.7. The highest BCUT2D eigenvalue weighted by atomic mass is 35.5. The van der Waals surface area contributed by atoms with Crippen LogP contribution in [0.4, 0.5) is 17.6 Å². The lowest BCUT2D eigenvalue weighted by Gasteiger charge is -2.32. The normalized spacial score (nSPS) is 18.8. The predicted molar refractivity (Wildman–Crippen MR) is 107 cm³/mol. The molecule has 0 saturated carbocycles. The number of benzene rings is 1. The highest BCUT2D eigenvalue weighted by Crippen LogP contribution is 2.36. The standard InChI is InChI=1S/C18H14ClF4N3O6S/c1-25-13(18(21,22)23)8-14(27)26(16(25)29)11-7-12(9(19)6-10(11)20)32-17(33(2,30)31)4-3-5-24-15(17)28/h3,5-8H,4H2,1-2H3,(H,24,28). The second-order valence-electron chi connectivity index (χ2n) is 6.98. The third-order valence-corrected chi connectivity index (χ3v) is 6.72. The Morgan fingerprint density at radius 1 is 1.18 bits per heavy atom. The Morgan fingerprint density at radius 3 is 2.36 bits per heavy atom. The maximum atomic E-state index is 14.6. The first kappa shape index (κ1) is 24.5. The molecule has 33 heavy (non-hydrogen) atoms. The van der Waals surface area contributed by atoms with Crippen LogP contribution in [0.15, 0.2) is 40.1 Å². The van der Waals surface area contributed by atoms with E-state index in [1.165, 1.54) is 12.3 Å². The molecule has 1 aromatic carbocycles. The second-order valence-corrected chi connectivity index (χ2v) is 9.59. The molecule has 0 saturated heterocycles. The Morgan fingerprint density at radius 2 is 1.82 bits per heavy atom. The van der Waals surface area contributed by atoms with E-state index in [1.807, 2.05) is 0 Å². The highest BCUT2D eigenvalue weighted by Gasteiger charge is 2.51. The van der Waals surface area contributed by atoms with Crippen molar-refractivity contribution in [1.29, 1.82) is 0 Å². The van der Waals surface area contributed by atoms with Crippen molar-refractivity contribution in [3.63, 3.8) is 0 Å². The summed E-state index contributed by atoms with van der Waals surface area (Å²) in [4.78, 5) is 34.7. The van der Waals surface area contributed by atoms with Gasteiger partial charge in [0.1, 0.15) is 17.3 Å². The second kappa shape index (κ2) is 8.02. The predicted octanol–water partition coefficient (Wildman–Crippen LogP) is 1.50. The highest BCUT2D eigenvalue weighted by molar-refractivity contribution is 7.92. The van der Waals surface area contributed by atoms with Crippen molar-refractivity contribution in [3.8, 4) is 11.4 Å². The van der Waals surface area contributed by atoms with Crippen molar-refractivity contribution in [2.75, 3.05) is 6.26 Å². The monoisotopic (exact) mass is 511 g/mol. The van der Waals surface area contributed by atoms with Crippen LogP contribution in [0.5, 0.6) is 5.75 Å². The van der Waals surface area contributed by atoms with Crippen LogP contribution in [0, 0.1) is 5.82 Å². The number of amides is 1. The first-order valence-electron chi connectivity index (χ1n) is 8.84. The summed E-state index contributed by atoms with van der Waals surface area (Å²) in [5, 5.41) is 1.64. The van der Waals surface area contributed by atoms with Crippen LogP contribution in [0.1, 0.15) is 12.1 Å². The van der Waals surface area contributed by atoms with Crippen LogP contribution in [0.3, 0.4) is 0 Å². The topological polar surface area (TPSA) is 116 Å². The molecule has 0 bridgehead atoms. The Kier molecular flexibility index (Phi) is 5.96. The summed E-state index contributed by atoms with van der Waals surface area (Å²) in [6.07, 6.45) is -2.33. The van der Waals surface area contributed by atoms with Crippen LogP contribution < -0.4 is 21.3 Å². The molecule has 0 fully saturated rings. The minimum absolute atomic E-state index is 0.0850. The van der Waals surface area contributed by atoms with E-state index in [4.69, 9.17) is 16.3 Å². The van der Waals surface area contributed by atoms with Gasteiger partial charge in [0.2, 0.25) is 0 Å². The molecule has 0 aliphatic carbocycles. The fraction of sp³-hybridized carbons (Fsp3) is 0.278. The molecule has 1 unspecified atom stereocenters. The van der Waals surface area contributed by atoms with E-state index < -0.39 is 72.5 Å². The van der Waals surface area contributed by atoms with E-state index in [2.05, 4.69) is 5.32 Å². The Bertz CT molecular complexity index is 1410. The van der Waals surface area contributed by atoms with Gasteiger partial charge in [-0.05, 0) is 6.07 Å². The molecule has 0 spiro atoms. The van der Waals surface area contributed by atoms with Gasteiger partial charge in [0.15, 0.2) is 9.84 Å². The number of rotatable bonds is 4. The van der Waals surface area contributed by atoms with Crippen molar-refractivity contribution in [3.05, 3.63) is 67.8 Å². The molecule has 3 rings (SSSR count). The van der Waals surface area contributed by atoms with Gasteiger partial charge in [-0.2, -0.15) is 13.2 Å². The zero-order valence-corrected chi connectivity index (χ0v) is 18.3. The van der Waals surface area contributed by atoms with Gasteiger partial charge < -0.3 is 10.1 Å². The molecular weight excluding hydrogens is 498 g/mol. The van der Waals surface area contributed by atoms with E-state index >= 15 is 0 Å². The SMILES string of the molecule is Cn1c(C(F)(F)F)cc(=O)n(-c2cc(OC3(S(C)(=O)=O)CC=CNC3=O)c(Cl)cc2F)c1=O. The number of halogens is 5. The molecular formula is C18H14ClF4N3O6S. The van der Waals surface area contributed by atoms with Gasteiger partial charge in [-0.1, -0.05) is 17.7 Å². The van der Waals surface area contributed by atoms with Crippen LogP contribution in [0.25, 0.3) is 5.69 Å². The first-order valence-corrected chi connectivity index (χ1v) is 11.1. The molecule has 1 aromatic heterocycles. The lowest BCUT2D eigenvalue weighted by molar-refractivity contribution is -0.144. The van der Waals surface area contributed by atoms with Gasteiger partial charge >= 0.3 is 11.9 Å². The molecule has 1 aliphatic rings. The number of alkyl halides is 3. The molecule has 1 atom stereocenters. The van der Waals surface area contributed by atoms with E-state index in [0.29, 0.717) is 18.4 Å². The molecule has 1 aliphatic heterocycles. The maximum absolute atomic E-state index is 14.6. The molecule has 1 amide bonds. The average molecular weight is 512 g/mol. The maximum Gasteiger partial charge on any atom is 0.431 e. The van der Waals surface area contributed by atoms with E-state index in [-0.39, 0.29) is 15.2 Å². The minimum Gasteiger partial charge on any atom is -0.460 e. The fourth-order valence-corrected chi connectivity index (χ4v) is 4.32. The number of ether oxygens (including phenoxy) is 1. The summed E-state index contributed by atoms with van der Waals surface area (Å²) in [5.41, 5.74) is -5.50. The van der Waals surface area contributed by atoms with Crippen molar-refractivity contribution in [2.45, 2.75) is 17.5 Å². The summed E-state index contributed by atoms with van der Waals surface area (Å²) in [6, 6.07) is 1.29. The number of carbonyl (C=O) groups is 1. The third-order valence-electron chi connectivity index (χ3n) is 4.79. The van der Waals surface area contributed by atoms with Crippen molar-refractivity contribution < 1.29 is 35.5 Å². The van der Waals surface area contributed by atoms with Crippen LogP contribution in [-0.2, 0) is 27.9 Å². The smallest absolute Gasteiger partial charge is 0.431 e. The van der Waals surface area contributed by atoms with Crippen molar-refractivity contribution in [2.24, 2.45) is 7.05 Å². The molecule has 178 valence electrons. The molecule has 15 heteroatoms.